The maximum absolute atomic E-state index is 3.67. The zero-order chi connectivity index (χ0) is 15.0. The smallest absolute Gasteiger partial charge is 0.0472 e. The minimum Gasteiger partial charge on any atom is -0.314 e. The van der Waals surface area contributed by atoms with Crippen LogP contribution in [0.25, 0.3) is 0 Å². The van der Waals surface area contributed by atoms with Gasteiger partial charge in [-0.15, -0.1) is 0 Å². The van der Waals surface area contributed by atoms with Crippen LogP contribution in [0.2, 0.25) is 0 Å². The lowest BCUT2D eigenvalue weighted by molar-refractivity contribution is 0.239. The van der Waals surface area contributed by atoms with Crippen molar-refractivity contribution in [1.29, 1.82) is 0 Å². The molecule has 1 saturated heterocycles. The average Bonchev–Trinajstić information content (AvgIpc) is 3.11. The molecule has 2 aromatic carbocycles. The van der Waals surface area contributed by atoms with Crippen molar-refractivity contribution in [2.24, 2.45) is 0 Å². The van der Waals surface area contributed by atoms with E-state index in [1.165, 1.54) is 37.1 Å². The van der Waals surface area contributed by atoms with Gasteiger partial charge in [0.15, 0.2) is 0 Å². The predicted octanol–water partition coefficient (Wildman–Crippen LogP) is 3.66. The van der Waals surface area contributed by atoms with Crippen LogP contribution in [0.5, 0.6) is 0 Å². The Hall–Kier alpha value is -1.64. The van der Waals surface area contributed by atoms with Crippen molar-refractivity contribution in [3.05, 3.63) is 71.8 Å². The first-order chi connectivity index (χ1) is 10.9. The Labute approximate surface area is 134 Å². The quantitative estimate of drug-likeness (QED) is 0.784. The number of benzene rings is 2. The lowest BCUT2D eigenvalue weighted by Gasteiger charge is -2.28. The van der Waals surface area contributed by atoms with E-state index in [0.29, 0.717) is 6.04 Å². The lowest BCUT2D eigenvalue weighted by Crippen LogP contribution is -2.34. The van der Waals surface area contributed by atoms with Crippen molar-refractivity contribution in [3.63, 3.8) is 0 Å². The fraction of sp³-hybridized carbons (Fsp3) is 0.400. The summed E-state index contributed by atoms with van der Waals surface area (Å²) in [6.07, 6.45) is 3.78. The molecule has 1 unspecified atom stereocenters. The molecule has 1 aliphatic heterocycles. The fourth-order valence-corrected chi connectivity index (χ4v) is 3.30. The molecular formula is C20H26N2. The summed E-state index contributed by atoms with van der Waals surface area (Å²) in [6.45, 7) is 4.55. The number of likely N-dealkylation sites (tertiary alicyclic amines) is 1. The second kappa shape index (κ2) is 8.11. The number of hydrogen-bond donors (Lipinski definition) is 1. The summed E-state index contributed by atoms with van der Waals surface area (Å²) in [5, 5.41) is 3.67. The molecule has 1 heterocycles. The molecule has 0 radical (unpaired) electrons. The van der Waals surface area contributed by atoms with Crippen LogP contribution in [0.1, 0.15) is 30.0 Å². The molecule has 1 N–H and O–H groups in total. The molecule has 1 aliphatic rings. The first-order valence-corrected chi connectivity index (χ1v) is 8.47. The first-order valence-electron chi connectivity index (χ1n) is 8.47. The topological polar surface area (TPSA) is 15.3 Å². The van der Waals surface area contributed by atoms with Crippen molar-refractivity contribution in [2.45, 2.75) is 25.3 Å². The first kappa shape index (κ1) is 15.3. The Morgan fingerprint density at radius 1 is 0.864 bits per heavy atom. The summed E-state index contributed by atoms with van der Waals surface area (Å²) in [6, 6.07) is 22.2. The van der Waals surface area contributed by atoms with Crippen LogP contribution in [0.4, 0.5) is 0 Å². The van der Waals surface area contributed by atoms with Gasteiger partial charge in [-0.3, -0.25) is 4.90 Å². The van der Waals surface area contributed by atoms with Gasteiger partial charge in [-0.25, -0.2) is 0 Å². The van der Waals surface area contributed by atoms with Crippen LogP contribution >= 0.6 is 0 Å². The van der Waals surface area contributed by atoms with E-state index in [-0.39, 0.29) is 0 Å². The Morgan fingerprint density at radius 3 is 2.18 bits per heavy atom. The van der Waals surface area contributed by atoms with E-state index < -0.39 is 0 Å². The van der Waals surface area contributed by atoms with Crippen LogP contribution in [-0.4, -0.2) is 31.1 Å². The van der Waals surface area contributed by atoms with Crippen molar-refractivity contribution in [1.82, 2.24) is 10.2 Å². The van der Waals surface area contributed by atoms with Crippen LogP contribution in [0.3, 0.4) is 0 Å². The third-order valence-corrected chi connectivity index (χ3v) is 4.54. The summed E-state index contributed by atoms with van der Waals surface area (Å²) >= 11 is 0. The molecule has 0 aromatic heterocycles. The second-order valence-electron chi connectivity index (χ2n) is 6.11. The Balaban J connectivity index is 1.54. The fourth-order valence-electron chi connectivity index (χ4n) is 3.30. The molecule has 0 bridgehead atoms. The molecule has 22 heavy (non-hydrogen) atoms. The highest BCUT2D eigenvalue weighted by Gasteiger charge is 2.22. The monoisotopic (exact) mass is 294 g/mol. The SMILES string of the molecule is c1ccc(CCNCC(c2ccccc2)N2CCCC2)cc1. The van der Waals surface area contributed by atoms with Gasteiger partial charge >= 0.3 is 0 Å². The highest BCUT2D eigenvalue weighted by atomic mass is 15.2. The molecule has 1 fully saturated rings. The van der Waals surface area contributed by atoms with E-state index in [0.717, 1.165) is 19.5 Å². The Kier molecular flexibility index (Phi) is 5.63. The summed E-state index contributed by atoms with van der Waals surface area (Å²) in [4.78, 5) is 2.63. The number of hydrogen-bond acceptors (Lipinski definition) is 2. The van der Waals surface area contributed by atoms with Gasteiger partial charge in [0, 0.05) is 12.6 Å². The number of nitrogens with zero attached hydrogens (tertiary/aromatic N) is 1. The van der Waals surface area contributed by atoms with E-state index in [1.54, 1.807) is 0 Å². The molecule has 2 nitrogen and oxygen atoms in total. The molecule has 0 saturated carbocycles. The van der Waals surface area contributed by atoms with Crippen molar-refractivity contribution >= 4 is 0 Å². The van der Waals surface area contributed by atoms with Gasteiger partial charge in [-0.05, 0) is 50.0 Å². The van der Waals surface area contributed by atoms with Crippen molar-refractivity contribution < 1.29 is 0 Å². The summed E-state index contributed by atoms with van der Waals surface area (Å²) in [5.74, 6) is 0. The minimum absolute atomic E-state index is 0.513. The molecule has 3 rings (SSSR count). The minimum atomic E-state index is 0.513. The van der Waals surface area contributed by atoms with Gasteiger partial charge < -0.3 is 5.32 Å². The maximum Gasteiger partial charge on any atom is 0.0472 e. The number of nitrogens with one attached hydrogen (secondary N) is 1. The zero-order valence-electron chi connectivity index (χ0n) is 13.2. The van der Waals surface area contributed by atoms with Crippen LogP contribution in [0.15, 0.2) is 60.7 Å². The van der Waals surface area contributed by atoms with E-state index in [2.05, 4.69) is 70.9 Å². The molecule has 0 spiro atoms. The van der Waals surface area contributed by atoms with Crippen LogP contribution < -0.4 is 5.32 Å². The molecule has 0 aliphatic carbocycles. The zero-order valence-corrected chi connectivity index (χ0v) is 13.2. The average molecular weight is 294 g/mol. The summed E-state index contributed by atoms with van der Waals surface area (Å²) in [7, 11) is 0. The summed E-state index contributed by atoms with van der Waals surface area (Å²) in [5.41, 5.74) is 2.85. The molecule has 1 atom stereocenters. The second-order valence-corrected chi connectivity index (χ2v) is 6.11. The van der Waals surface area contributed by atoms with Crippen LogP contribution in [0, 0.1) is 0 Å². The van der Waals surface area contributed by atoms with Crippen molar-refractivity contribution in [3.8, 4) is 0 Å². The largest absolute Gasteiger partial charge is 0.314 e. The summed E-state index contributed by atoms with van der Waals surface area (Å²) < 4.78 is 0. The van der Waals surface area contributed by atoms with Gasteiger partial charge in [-0.1, -0.05) is 60.7 Å². The van der Waals surface area contributed by atoms with Gasteiger partial charge in [0.25, 0.3) is 0 Å². The number of rotatable bonds is 7. The van der Waals surface area contributed by atoms with Crippen molar-refractivity contribution in [2.75, 3.05) is 26.2 Å². The van der Waals surface area contributed by atoms with Gasteiger partial charge in [-0.2, -0.15) is 0 Å². The lowest BCUT2D eigenvalue weighted by atomic mass is 10.1. The van der Waals surface area contributed by atoms with Crippen LogP contribution in [-0.2, 0) is 6.42 Å². The maximum atomic E-state index is 3.67. The van der Waals surface area contributed by atoms with Gasteiger partial charge in [0.1, 0.15) is 0 Å². The Bertz CT molecular complexity index is 532. The Morgan fingerprint density at radius 2 is 1.50 bits per heavy atom. The van der Waals surface area contributed by atoms with E-state index in [4.69, 9.17) is 0 Å². The highest BCUT2D eigenvalue weighted by Crippen LogP contribution is 2.24. The van der Waals surface area contributed by atoms with E-state index in [9.17, 15) is 0 Å². The molecule has 2 aromatic rings. The van der Waals surface area contributed by atoms with Gasteiger partial charge in [0.05, 0.1) is 0 Å². The molecular weight excluding hydrogens is 268 g/mol. The molecule has 2 heteroatoms. The standard InChI is InChI=1S/C20H26N2/c1-3-9-18(10-4-1)13-14-21-17-20(22-15-7-8-16-22)19-11-5-2-6-12-19/h1-6,9-12,20-21H,7-8,13-17H2. The predicted molar refractivity (Wildman–Crippen MR) is 93.0 cm³/mol. The molecule has 0 amide bonds. The molecule has 116 valence electrons. The van der Waals surface area contributed by atoms with E-state index in [1.807, 2.05) is 0 Å². The van der Waals surface area contributed by atoms with Gasteiger partial charge in [0.2, 0.25) is 0 Å². The normalized spacial score (nSPS) is 16.7. The third-order valence-electron chi connectivity index (χ3n) is 4.54. The third kappa shape index (κ3) is 4.19. The highest BCUT2D eigenvalue weighted by molar-refractivity contribution is 5.20. The van der Waals surface area contributed by atoms with E-state index >= 15 is 0 Å².